The van der Waals surface area contributed by atoms with E-state index in [0.29, 0.717) is 11.3 Å². The van der Waals surface area contributed by atoms with Gasteiger partial charge in [-0.15, -0.1) is 0 Å². The van der Waals surface area contributed by atoms with Gasteiger partial charge in [-0.25, -0.2) is 13.3 Å². The van der Waals surface area contributed by atoms with Gasteiger partial charge in [0, 0.05) is 16.1 Å². The van der Waals surface area contributed by atoms with Crippen LogP contribution in [0, 0.1) is 6.57 Å². The van der Waals surface area contributed by atoms with Gasteiger partial charge in [-0.05, 0) is 11.6 Å². The van der Waals surface area contributed by atoms with Gasteiger partial charge < -0.3 is 0 Å². The van der Waals surface area contributed by atoms with Crippen LogP contribution in [0.2, 0.25) is 0 Å². The zero-order valence-electron chi connectivity index (χ0n) is 7.01. The van der Waals surface area contributed by atoms with Crippen molar-refractivity contribution < 1.29 is 8.42 Å². The van der Waals surface area contributed by atoms with Crippen LogP contribution in [0.3, 0.4) is 0 Å². The molecule has 5 heteroatoms. The summed E-state index contributed by atoms with van der Waals surface area (Å²) < 4.78 is 21.1. The highest BCUT2D eigenvalue weighted by atomic mass is 35.7. The van der Waals surface area contributed by atoms with Crippen molar-refractivity contribution in [2.75, 3.05) is 0 Å². The van der Waals surface area contributed by atoms with Gasteiger partial charge in [0.1, 0.15) is 0 Å². The second-order valence-electron chi connectivity index (χ2n) is 2.48. The molecule has 1 rings (SSSR count). The second kappa shape index (κ2) is 4.27. The molecule has 0 radical (unpaired) electrons. The predicted octanol–water partition coefficient (Wildman–Crippen LogP) is 2.78. The number of hydrogen-bond donors (Lipinski definition) is 0. The summed E-state index contributed by atoms with van der Waals surface area (Å²) in [5.41, 5.74) is 1.19. The van der Waals surface area contributed by atoms with Gasteiger partial charge in [-0.3, -0.25) is 0 Å². The molecule has 0 aromatic heterocycles. The lowest BCUT2D eigenvalue weighted by Gasteiger charge is -1.92. The van der Waals surface area contributed by atoms with Crippen LogP contribution in [0.1, 0.15) is 5.56 Å². The Morgan fingerprint density at radius 1 is 1.29 bits per heavy atom. The van der Waals surface area contributed by atoms with Crippen LogP contribution in [-0.2, 0) is 9.05 Å². The van der Waals surface area contributed by atoms with Gasteiger partial charge >= 0.3 is 0 Å². The topological polar surface area (TPSA) is 38.5 Å². The molecule has 72 valence electrons. The van der Waals surface area contributed by atoms with E-state index in [9.17, 15) is 8.42 Å². The monoisotopic (exact) mass is 227 g/mol. The maximum Gasteiger partial charge on any atom is 0.254 e. The third-order valence-electron chi connectivity index (χ3n) is 1.45. The molecular weight excluding hydrogens is 222 g/mol. The summed E-state index contributed by atoms with van der Waals surface area (Å²) in [5.74, 6) is 0. The number of hydrogen-bond acceptors (Lipinski definition) is 2. The van der Waals surface area contributed by atoms with Gasteiger partial charge in [-0.1, -0.05) is 24.3 Å². The molecule has 0 heterocycles. The van der Waals surface area contributed by atoms with E-state index in [2.05, 4.69) is 4.85 Å². The van der Waals surface area contributed by atoms with Crippen LogP contribution in [-0.4, -0.2) is 8.42 Å². The lowest BCUT2D eigenvalue weighted by atomic mass is 10.2. The van der Waals surface area contributed by atoms with Crippen LogP contribution in [0.15, 0.2) is 29.7 Å². The van der Waals surface area contributed by atoms with Crippen molar-refractivity contribution in [1.29, 1.82) is 0 Å². The van der Waals surface area contributed by atoms with E-state index in [1.807, 2.05) is 0 Å². The third-order valence-corrected chi connectivity index (χ3v) is 2.22. The Labute approximate surface area is 86.9 Å². The molecule has 0 aliphatic rings. The molecular formula is C9H6ClNO2S. The van der Waals surface area contributed by atoms with Gasteiger partial charge in [0.05, 0.1) is 6.57 Å². The maximum atomic E-state index is 10.6. The first-order valence-electron chi connectivity index (χ1n) is 3.61. The Morgan fingerprint density at radius 2 is 1.86 bits per heavy atom. The van der Waals surface area contributed by atoms with Crippen molar-refractivity contribution in [3.63, 3.8) is 0 Å². The summed E-state index contributed by atoms with van der Waals surface area (Å²) in [6, 6.07) is 6.50. The lowest BCUT2D eigenvalue weighted by molar-refractivity contribution is 0.617. The van der Waals surface area contributed by atoms with E-state index >= 15 is 0 Å². The van der Waals surface area contributed by atoms with E-state index in [1.165, 1.54) is 6.08 Å². The summed E-state index contributed by atoms with van der Waals surface area (Å²) in [4.78, 5) is 3.20. The molecule has 0 saturated carbocycles. The second-order valence-corrected chi connectivity index (χ2v) is 5.00. The van der Waals surface area contributed by atoms with Crippen LogP contribution in [0.4, 0.5) is 5.69 Å². The highest BCUT2D eigenvalue weighted by Crippen LogP contribution is 2.14. The molecule has 0 atom stereocenters. The summed E-state index contributed by atoms with van der Waals surface area (Å²) in [6.45, 7) is 6.71. The van der Waals surface area contributed by atoms with E-state index in [0.717, 1.165) is 5.41 Å². The van der Waals surface area contributed by atoms with E-state index < -0.39 is 9.05 Å². The molecule has 0 amide bonds. The minimum Gasteiger partial charge on any atom is -0.238 e. The number of benzene rings is 1. The fraction of sp³-hybridized carbons (Fsp3) is 0. The molecule has 0 spiro atoms. The van der Waals surface area contributed by atoms with E-state index in [4.69, 9.17) is 17.3 Å². The summed E-state index contributed by atoms with van der Waals surface area (Å²) in [7, 11) is 1.37. The van der Waals surface area contributed by atoms with Gasteiger partial charge in [0.15, 0.2) is 5.69 Å². The average Bonchev–Trinajstić information content (AvgIpc) is 2.14. The normalized spacial score (nSPS) is 11.4. The molecule has 1 aromatic rings. The smallest absolute Gasteiger partial charge is 0.238 e. The molecule has 0 bridgehead atoms. The minimum atomic E-state index is -3.61. The highest BCUT2D eigenvalue weighted by molar-refractivity contribution is 8.16. The summed E-state index contributed by atoms with van der Waals surface area (Å²) in [5, 5.41) is 0.904. The van der Waals surface area contributed by atoms with E-state index in [1.54, 1.807) is 24.3 Å². The van der Waals surface area contributed by atoms with Crippen molar-refractivity contribution in [1.82, 2.24) is 0 Å². The highest BCUT2D eigenvalue weighted by Gasteiger charge is 1.96. The zero-order chi connectivity index (χ0) is 10.6. The summed E-state index contributed by atoms with van der Waals surface area (Å²) in [6.07, 6.45) is 1.37. The molecule has 0 fully saturated rings. The van der Waals surface area contributed by atoms with Crippen LogP contribution in [0.5, 0.6) is 0 Å². The number of nitrogens with zero attached hydrogens (tertiary/aromatic N) is 1. The first-order chi connectivity index (χ1) is 6.51. The van der Waals surface area contributed by atoms with Crippen LogP contribution < -0.4 is 0 Å². The van der Waals surface area contributed by atoms with Gasteiger partial charge in [0.25, 0.3) is 9.05 Å². The standard InChI is InChI=1S/C9H6ClNO2S/c1-11-9-4-2-8(3-5-9)6-7-14(10,12)13/h2-7H/b7-6+. The Morgan fingerprint density at radius 3 is 2.29 bits per heavy atom. The van der Waals surface area contributed by atoms with Crippen LogP contribution >= 0.6 is 10.7 Å². The van der Waals surface area contributed by atoms with Crippen molar-refractivity contribution in [2.24, 2.45) is 0 Å². The van der Waals surface area contributed by atoms with Crippen LogP contribution in [0.25, 0.3) is 10.9 Å². The Balaban J connectivity index is 2.91. The largest absolute Gasteiger partial charge is 0.254 e. The van der Waals surface area contributed by atoms with Crippen molar-refractivity contribution in [3.05, 3.63) is 46.7 Å². The fourth-order valence-electron chi connectivity index (χ4n) is 0.820. The number of halogens is 1. The quantitative estimate of drug-likeness (QED) is 0.576. The molecule has 0 saturated heterocycles. The average molecular weight is 228 g/mol. The van der Waals surface area contributed by atoms with E-state index in [-0.39, 0.29) is 0 Å². The molecule has 1 aromatic carbocycles. The summed E-state index contributed by atoms with van der Waals surface area (Å²) >= 11 is 0. The molecule has 14 heavy (non-hydrogen) atoms. The minimum absolute atomic E-state index is 0.510. The SMILES string of the molecule is [C-]#[N+]c1ccc(/C=C/S(=O)(=O)Cl)cc1. The molecule has 0 unspecified atom stereocenters. The molecule has 3 nitrogen and oxygen atoms in total. The predicted molar refractivity (Wildman–Crippen MR) is 56.5 cm³/mol. The van der Waals surface area contributed by atoms with Gasteiger partial charge in [-0.2, -0.15) is 0 Å². The van der Waals surface area contributed by atoms with Gasteiger partial charge in [0.2, 0.25) is 0 Å². The molecule has 0 N–H and O–H groups in total. The molecule has 0 aliphatic heterocycles. The number of rotatable bonds is 2. The fourth-order valence-corrected chi connectivity index (χ4v) is 1.29. The Hall–Kier alpha value is -1.31. The lowest BCUT2D eigenvalue weighted by Crippen LogP contribution is -1.79. The third kappa shape index (κ3) is 3.60. The molecule has 0 aliphatic carbocycles. The van der Waals surface area contributed by atoms with Crippen molar-refractivity contribution >= 4 is 31.5 Å². The Bertz CT molecular complexity index is 483. The van der Waals surface area contributed by atoms with Crippen molar-refractivity contribution in [3.8, 4) is 0 Å². The Kier molecular flexibility index (Phi) is 3.28. The maximum absolute atomic E-state index is 10.6. The van der Waals surface area contributed by atoms with Crippen molar-refractivity contribution in [2.45, 2.75) is 0 Å². The zero-order valence-corrected chi connectivity index (χ0v) is 8.59. The first-order valence-corrected chi connectivity index (χ1v) is 5.99. The first kappa shape index (κ1) is 10.8.